The second kappa shape index (κ2) is 6.96. The van der Waals surface area contributed by atoms with E-state index in [-0.39, 0.29) is 17.5 Å². The molecule has 0 saturated carbocycles. The number of ether oxygens (including phenoxy) is 1. The van der Waals surface area contributed by atoms with Crippen LogP contribution < -0.4 is 5.56 Å². The minimum Gasteiger partial charge on any atom is -0.377 e. The number of rotatable bonds is 4. The number of carbonyl (C=O) groups excluding carboxylic acids is 1. The number of morpholine rings is 1. The Morgan fingerprint density at radius 3 is 3.00 bits per heavy atom. The quantitative estimate of drug-likeness (QED) is 0.884. The Morgan fingerprint density at radius 2 is 2.29 bits per heavy atom. The molecule has 8 heteroatoms. The van der Waals surface area contributed by atoms with Gasteiger partial charge in [-0.3, -0.25) is 14.3 Å². The van der Waals surface area contributed by atoms with Gasteiger partial charge in [0.25, 0.3) is 5.56 Å². The minimum atomic E-state index is -0.327. The molecule has 2 aromatic heterocycles. The largest absolute Gasteiger partial charge is 0.377 e. The lowest BCUT2D eigenvalue weighted by atomic mass is 10.1. The van der Waals surface area contributed by atoms with Gasteiger partial charge in [0.15, 0.2) is 0 Å². The molecule has 0 aliphatic carbocycles. The average Bonchev–Trinajstić information content (AvgIpc) is 2.97. The number of nitrogens with zero attached hydrogens (tertiary/aromatic N) is 4. The first-order valence-electron chi connectivity index (χ1n) is 7.98. The lowest BCUT2D eigenvalue weighted by molar-refractivity contribution is -0.140. The van der Waals surface area contributed by atoms with E-state index in [2.05, 4.69) is 15.1 Å². The number of aryl methyl sites for hydroxylation is 3. The number of aromatic nitrogens is 4. The molecular weight excluding hydrogens is 310 g/mol. The predicted molar refractivity (Wildman–Crippen MR) is 86.4 cm³/mol. The van der Waals surface area contributed by atoms with E-state index >= 15 is 0 Å². The van der Waals surface area contributed by atoms with Crippen LogP contribution in [0.15, 0.2) is 23.1 Å². The molecule has 128 valence electrons. The van der Waals surface area contributed by atoms with Crippen LogP contribution in [0.3, 0.4) is 0 Å². The second-order valence-electron chi connectivity index (χ2n) is 5.90. The third-order valence-corrected chi connectivity index (χ3v) is 4.00. The van der Waals surface area contributed by atoms with Crippen LogP contribution in [0.2, 0.25) is 0 Å². The van der Waals surface area contributed by atoms with Crippen LogP contribution in [0.5, 0.6) is 0 Å². The summed E-state index contributed by atoms with van der Waals surface area (Å²) in [4.78, 5) is 33.1. The number of amides is 1. The van der Waals surface area contributed by atoms with Gasteiger partial charge in [0.2, 0.25) is 5.91 Å². The first-order valence-corrected chi connectivity index (χ1v) is 7.98. The lowest BCUT2D eigenvalue weighted by Gasteiger charge is -2.35. The van der Waals surface area contributed by atoms with Crippen molar-refractivity contribution >= 4 is 5.91 Å². The molecule has 0 bridgehead atoms. The molecule has 0 radical (unpaired) electrons. The third-order valence-electron chi connectivity index (χ3n) is 4.00. The summed E-state index contributed by atoms with van der Waals surface area (Å²) in [6.45, 7) is 5.50. The molecule has 1 N–H and O–H groups in total. The zero-order valence-corrected chi connectivity index (χ0v) is 13.9. The number of hydrogen-bond acceptors (Lipinski definition) is 5. The number of H-pyrrole nitrogens is 1. The topological polar surface area (TPSA) is 93.1 Å². The molecular formula is C16H21N5O3. The van der Waals surface area contributed by atoms with Gasteiger partial charge in [0.05, 0.1) is 30.6 Å². The van der Waals surface area contributed by atoms with E-state index in [1.165, 1.54) is 6.07 Å². The summed E-state index contributed by atoms with van der Waals surface area (Å²) in [5.74, 6) is 0.540. The van der Waals surface area contributed by atoms with Crippen molar-refractivity contribution in [3.05, 3.63) is 45.9 Å². The molecule has 1 aliphatic rings. The Balaban J connectivity index is 1.73. The van der Waals surface area contributed by atoms with Crippen molar-refractivity contribution < 1.29 is 9.53 Å². The van der Waals surface area contributed by atoms with E-state index in [1.54, 1.807) is 16.5 Å². The first-order chi connectivity index (χ1) is 11.5. The van der Waals surface area contributed by atoms with E-state index in [4.69, 9.17) is 4.74 Å². The van der Waals surface area contributed by atoms with Crippen molar-refractivity contribution in [2.24, 2.45) is 0 Å². The van der Waals surface area contributed by atoms with Gasteiger partial charge in [-0.15, -0.1) is 0 Å². The smallest absolute Gasteiger partial charge is 0.251 e. The molecule has 1 fully saturated rings. The monoisotopic (exact) mass is 331 g/mol. The third kappa shape index (κ3) is 3.70. The van der Waals surface area contributed by atoms with Gasteiger partial charge in [0.1, 0.15) is 5.82 Å². The maximum absolute atomic E-state index is 12.6. The number of hydrogen-bond donors (Lipinski definition) is 1. The molecule has 8 nitrogen and oxygen atoms in total. The van der Waals surface area contributed by atoms with Crippen molar-refractivity contribution in [1.29, 1.82) is 0 Å². The van der Waals surface area contributed by atoms with E-state index in [0.29, 0.717) is 44.2 Å². The summed E-state index contributed by atoms with van der Waals surface area (Å²) in [7, 11) is 0. The summed E-state index contributed by atoms with van der Waals surface area (Å²) in [6.07, 6.45) is 2.21. The Morgan fingerprint density at radius 1 is 1.46 bits per heavy atom. The van der Waals surface area contributed by atoms with Crippen LogP contribution in [0.25, 0.3) is 0 Å². The van der Waals surface area contributed by atoms with Crippen molar-refractivity contribution in [3.8, 4) is 0 Å². The summed E-state index contributed by atoms with van der Waals surface area (Å²) in [6, 6.07) is 3.01. The lowest BCUT2D eigenvalue weighted by Crippen LogP contribution is -2.44. The Hall–Kier alpha value is -2.48. The standard InChI is InChI=1S/C16H21N5O3/c1-11-3-5-20(19-11)6-4-16(23)21-7-8-24-10-14(21)13-9-15(22)18-12(2)17-13/h3,5,9,14H,4,6-8,10H2,1-2H3,(H,17,18,22). The van der Waals surface area contributed by atoms with Gasteiger partial charge in [-0.1, -0.05) is 0 Å². The normalized spacial score (nSPS) is 17.9. The molecule has 1 atom stereocenters. The van der Waals surface area contributed by atoms with Crippen molar-refractivity contribution in [2.45, 2.75) is 32.9 Å². The molecule has 1 amide bonds. The zero-order chi connectivity index (χ0) is 17.1. The number of nitrogens with one attached hydrogen (secondary N) is 1. The second-order valence-corrected chi connectivity index (χ2v) is 5.90. The summed E-state index contributed by atoms with van der Waals surface area (Å²) < 4.78 is 7.26. The first kappa shape index (κ1) is 16.4. The van der Waals surface area contributed by atoms with Gasteiger partial charge in [-0.25, -0.2) is 4.98 Å². The minimum absolute atomic E-state index is 0.0104. The van der Waals surface area contributed by atoms with Crippen molar-refractivity contribution in [3.63, 3.8) is 0 Å². The summed E-state index contributed by atoms with van der Waals surface area (Å²) in [5, 5.41) is 4.29. The Bertz CT molecular complexity index is 782. The predicted octanol–water partition coefficient (Wildman–Crippen LogP) is 0.573. The highest BCUT2D eigenvalue weighted by molar-refractivity contribution is 5.76. The van der Waals surface area contributed by atoms with E-state index in [0.717, 1.165) is 5.69 Å². The fourth-order valence-electron chi connectivity index (χ4n) is 2.86. The molecule has 3 rings (SSSR count). The molecule has 1 unspecified atom stereocenters. The highest BCUT2D eigenvalue weighted by atomic mass is 16.5. The van der Waals surface area contributed by atoms with E-state index in [9.17, 15) is 9.59 Å². The molecule has 0 spiro atoms. The van der Waals surface area contributed by atoms with Crippen LogP contribution in [-0.4, -0.2) is 50.3 Å². The van der Waals surface area contributed by atoms with Crippen LogP contribution in [0.4, 0.5) is 0 Å². The maximum atomic E-state index is 12.6. The SMILES string of the molecule is Cc1ccn(CCC(=O)N2CCOCC2c2cc(=O)[nH]c(C)n2)n1. The highest BCUT2D eigenvalue weighted by Crippen LogP contribution is 2.22. The fraction of sp³-hybridized carbons (Fsp3) is 0.500. The van der Waals surface area contributed by atoms with Gasteiger partial charge < -0.3 is 14.6 Å². The summed E-state index contributed by atoms with van der Waals surface area (Å²) in [5.41, 5.74) is 1.27. The van der Waals surface area contributed by atoms with E-state index in [1.807, 2.05) is 19.2 Å². The van der Waals surface area contributed by atoms with Gasteiger partial charge in [0, 0.05) is 31.8 Å². The number of aromatic amines is 1. The van der Waals surface area contributed by atoms with Crippen LogP contribution in [0, 0.1) is 13.8 Å². The molecule has 1 saturated heterocycles. The van der Waals surface area contributed by atoms with Crippen molar-refractivity contribution in [2.75, 3.05) is 19.8 Å². The van der Waals surface area contributed by atoms with Crippen LogP contribution in [0.1, 0.15) is 29.7 Å². The van der Waals surface area contributed by atoms with Gasteiger partial charge in [-0.2, -0.15) is 5.10 Å². The summed E-state index contributed by atoms with van der Waals surface area (Å²) >= 11 is 0. The highest BCUT2D eigenvalue weighted by Gasteiger charge is 2.29. The average molecular weight is 331 g/mol. The van der Waals surface area contributed by atoms with Gasteiger partial charge in [-0.05, 0) is 19.9 Å². The molecule has 3 heterocycles. The van der Waals surface area contributed by atoms with E-state index < -0.39 is 0 Å². The molecule has 24 heavy (non-hydrogen) atoms. The Labute approximate surface area is 139 Å². The molecule has 1 aliphatic heterocycles. The fourth-order valence-corrected chi connectivity index (χ4v) is 2.86. The van der Waals surface area contributed by atoms with Gasteiger partial charge >= 0.3 is 0 Å². The van der Waals surface area contributed by atoms with Crippen molar-refractivity contribution in [1.82, 2.24) is 24.6 Å². The maximum Gasteiger partial charge on any atom is 0.251 e. The van der Waals surface area contributed by atoms with Crippen LogP contribution >= 0.6 is 0 Å². The molecule has 2 aromatic rings. The van der Waals surface area contributed by atoms with Crippen LogP contribution in [-0.2, 0) is 16.1 Å². The number of carbonyl (C=O) groups is 1. The zero-order valence-electron chi connectivity index (χ0n) is 13.9. The Kier molecular flexibility index (Phi) is 4.75. The molecule has 0 aromatic carbocycles.